The van der Waals surface area contributed by atoms with Gasteiger partial charge in [-0.05, 0) is 39.8 Å². The summed E-state index contributed by atoms with van der Waals surface area (Å²) in [5.41, 5.74) is -0.380. The minimum absolute atomic E-state index is 0.190. The number of carboxylic acid groups (broad SMARTS) is 2. The van der Waals surface area contributed by atoms with E-state index in [-0.39, 0.29) is 11.1 Å². The first-order chi connectivity index (χ1) is 9.87. The molecule has 1 aromatic carbocycles. The van der Waals surface area contributed by atoms with Gasteiger partial charge in [0.15, 0.2) is 0 Å². The Labute approximate surface area is 126 Å². The largest absolute Gasteiger partial charge is 0.478 e. The molecule has 1 aromatic rings. The SMILES string of the molecule is CC[N+](CC)(CC)CC.O=C(O)c1ccccc1C(=O)O. The number of hydrogen-bond donors (Lipinski definition) is 2. The summed E-state index contributed by atoms with van der Waals surface area (Å²) >= 11 is 0. The fraction of sp³-hybridized carbons (Fsp3) is 0.500. The first-order valence-electron chi connectivity index (χ1n) is 7.28. The Morgan fingerprint density at radius 3 is 1.24 bits per heavy atom. The smallest absolute Gasteiger partial charge is 0.336 e. The average Bonchev–Trinajstić information content (AvgIpc) is 2.50. The number of carbonyl (C=O) groups is 2. The monoisotopic (exact) mass is 296 g/mol. The topological polar surface area (TPSA) is 74.6 Å². The molecule has 0 saturated carbocycles. The van der Waals surface area contributed by atoms with E-state index in [4.69, 9.17) is 10.2 Å². The average molecular weight is 296 g/mol. The van der Waals surface area contributed by atoms with Crippen LogP contribution in [-0.2, 0) is 0 Å². The predicted molar refractivity (Wildman–Crippen MR) is 82.8 cm³/mol. The van der Waals surface area contributed by atoms with E-state index >= 15 is 0 Å². The van der Waals surface area contributed by atoms with Crippen molar-refractivity contribution in [2.24, 2.45) is 0 Å². The number of nitrogens with zero attached hydrogens (tertiary/aromatic N) is 1. The van der Waals surface area contributed by atoms with Gasteiger partial charge in [-0.15, -0.1) is 0 Å². The van der Waals surface area contributed by atoms with Crippen LogP contribution in [0.2, 0.25) is 0 Å². The minimum Gasteiger partial charge on any atom is -0.478 e. The Bertz CT molecular complexity index is 417. The molecule has 0 amide bonds. The molecule has 0 bridgehead atoms. The summed E-state index contributed by atoms with van der Waals surface area (Å²) < 4.78 is 1.28. The maximum absolute atomic E-state index is 10.5. The molecule has 118 valence electrons. The van der Waals surface area contributed by atoms with Crippen LogP contribution in [0, 0.1) is 0 Å². The molecule has 0 saturated heterocycles. The fourth-order valence-electron chi connectivity index (χ4n) is 2.20. The molecule has 1 rings (SSSR count). The van der Waals surface area contributed by atoms with Crippen molar-refractivity contribution >= 4 is 11.9 Å². The van der Waals surface area contributed by atoms with Crippen LogP contribution in [0.3, 0.4) is 0 Å². The van der Waals surface area contributed by atoms with E-state index in [9.17, 15) is 9.59 Å². The first-order valence-corrected chi connectivity index (χ1v) is 7.28. The third-order valence-corrected chi connectivity index (χ3v) is 4.07. The van der Waals surface area contributed by atoms with Crippen LogP contribution in [0.15, 0.2) is 24.3 Å². The lowest BCUT2D eigenvalue weighted by atomic mass is 10.1. The van der Waals surface area contributed by atoms with Crippen molar-refractivity contribution < 1.29 is 24.3 Å². The van der Waals surface area contributed by atoms with Gasteiger partial charge in [-0.25, -0.2) is 9.59 Å². The van der Waals surface area contributed by atoms with E-state index in [0.29, 0.717) is 0 Å². The summed E-state index contributed by atoms with van der Waals surface area (Å²) in [6.45, 7) is 14.2. The highest BCUT2D eigenvalue weighted by Gasteiger charge is 2.16. The number of quaternary nitrogens is 1. The Balaban J connectivity index is 0.000000400. The van der Waals surface area contributed by atoms with Crippen LogP contribution in [0.5, 0.6) is 0 Å². The van der Waals surface area contributed by atoms with Crippen molar-refractivity contribution in [3.05, 3.63) is 35.4 Å². The quantitative estimate of drug-likeness (QED) is 0.791. The highest BCUT2D eigenvalue weighted by Crippen LogP contribution is 2.07. The Hall–Kier alpha value is -1.88. The molecule has 0 heterocycles. The van der Waals surface area contributed by atoms with E-state index in [1.165, 1.54) is 54.9 Å². The molecule has 0 spiro atoms. The summed E-state index contributed by atoms with van der Waals surface area (Å²) in [5, 5.41) is 17.1. The summed E-state index contributed by atoms with van der Waals surface area (Å²) in [6, 6.07) is 5.48. The van der Waals surface area contributed by atoms with Crippen LogP contribution in [0.1, 0.15) is 48.4 Å². The Kier molecular flexibility index (Phi) is 8.31. The molecule has 21 heavy (non-hydrogen) atoms. The van der Waals surface area contributed by atoms with Gasteiger partial charge in [-0.1, -0.05) is 12.1 Å². The van der Waals surface area contributed by atoms with Crippen molar-refractivity contribution in [1.29, 1.82) is 0 Å². The van der Waals surface area contributed by atoms with Crippen molar-refractivity contribution in [3.63, 3.8) is 0 Å². The van der Waals surface area contributed by atoms with Gasteiger partial charge in [0.1, 0.15) is 0 Å². The van der Waals surface area contributed by atoms with Gasteiger partial charge < -0.3 is 14.7 Å². The van der Waals surface area contributed by atoms with E-state index in [2.05, 4.69) is 27.7 Å². The van der Waals surface area contributed by atoms with Crippen molar-refractivity contribution in [2.45, 2.75) is 27.7 Å². The highest BCUT2D eigenvalue weighted by molar-refractivity contribution is 6.01. The predicted octanol–water partition coefficient (Wildman–Crippen LogP) is 2.97. The van der Waals surface area contributed by atoms with Crippen molar-refractivity contribution in [2.75, 3.05) is 26.2 Å². The standard InChI is InChI=1S/C8H20N.C8H6O4/c1-5-9(6-2,7-3)8-4;9-7(10)5-3-1-2-4-6(5)8(11)12/h5-8H2,1-4H3;1-4H,(H,9,10)(H,11,12)/q+1;. The third-order valence-electron chi connectivity index (χ3n) is 4.07. The lowest BCUT2D eigenvalue weighted by molar-refractivity contribution is -0.921. The molecule has 5 heteroatoms. The van der Waals surface area contributed by atoms with Gasteiger partial charge >= 0.3 is 11.9 Å². The van der Waals surface area contributed by atoms with Gasteiger partial charge in [0.05, 0.1) is 37.3 Å². The summed E-state index contributed by atoms with van der Waals surface area (Å²) in [7, 11) is 0. The highest BCUT2D eigenvalue weighted by atomic mass is 16.4. The molecule has 0 atom stereocenters. The van der Waals surface area contributed by atoms with Gasteiger partial charge in [0.2, 0.25) is 0 Å². The van der Waals surface area contributed by atoms with Gasteiger partial charge in [-0.3, -0.25) is 0 Å². The lowest BCUT2D eigenvalue weighted by Gasteiger charge is -2.34. The van der Waals surface area contributed by atoms with E-state index in [0.717, 1.165) is 0 Å². The molecule has 0 aliphatic heterocycles. The minimum atomic E-state index is -1.23. The van der Waals surface area contributed by atoms with Gasteiger partial charge in [0, 0.05) is 0 Å². The molecular weight excluding hydrogens is 270 g/mol. The second kappa shape index (κ2) is 9.13. The molecular formula is C16H26NO4+. The molecule has 0 aliphatic carbocycles. The summed E-state index contributed by atoms with van der Waals surface area (Å²) in [6.07, 6.45) is 0. The van der Waals surface area contributed by atoms with E-state index in [1.54, 1.807) is 0 Å². The zero-order chi connectivity index (χ0) is 16.5. The summed E-state index contributed by atoms with van der Waals surface area (Å²) in [5.74, 6) is -2.46. The molecule has 0 aromatic heterocycles. The number of rotatable bonds is 6. The lowest BCUT2D eigenvalue weighted by Crippen LogP contribution is -2.47. The zero-order valence-corrected chi connectivity index (χ0v) is 13.3. The third kappa shape index (κ3) is 5.55. The summed E-state index contributed by atoms with van der Waals surface area (Å²) in [4.78, 5) is 20.9. The molecule has 5 nitrogen and oxygen atoms in total. The zero-order valence-electron chi connectivity index (χ0n) is 13.3. The molecule has 0 radical (unpaired) electrons. The number of carboxylic acids is 2. The molecule has 2 N–H and O–H groups in total. The number of hydrogen-bond acceptors (Lipinski definition) is 2. The van der Waals surface area contributed by atoms with Crippen molar-refractivity contribution in [3.8, 4) is 0 Å². The normalized spacial score (nSPS) is 10.5. The molecule has 0 fully saturated rings. The van der Waals surface area contributed by atoms with Crippen LogP contribution in [0.25, 0.3) is 0 Å². The maximum atomic E-state index is 10.5. The fourth-order valence-corrected chi connectivity index (χ4v) is 2.20. The Morgan fingerprint density at radius 2 is 1.10 bits per heavy atom. The first kappa shape index (κ1) is 19.1. The van der Waals surface area contributed by atoms with Crippen LogP contribution in [-0.4, -0.2) is 52.8 Å². The van der Waals surface area contributed by atoms with Crippen LogP contribution in [0.4, 0.5) is 0 Å². The van der Waals surface area contributed by atoms with Crippen molar-refractivity contribution in [1.82, 2.24) is 0 Å². The van der Waals surface area contributed by atoms with Gasteiger partial charge in [-0.2, -0.15) is 0 Å². The van der Waals surface area contributed by atoms with E-state index < -0.39 is 11.9 Å². The van der Waals surface area contributed by atoms with Crippen LogP contribution < -0.4 is 0 Å². The maximum Gasteiger partial charge on any atom is 0.336 e. The molecule has 0 unspecified atom stereocenters. The van der Waals surface area contributed by atoms with E-state index in [1.807, 2.05) is 0 Å². The second-order valence-electron chi connectivity index (χ2n) is 4.76. The number of benzene rings is 1. The second-order valence-corrected chi connectivity index (χ2v) is 4.76. The Morgan fingerprint density at radius 1 is 0.810 bits per heavy atom. The number of aromatic carboxylic acids is 2. The van der Waals surface area contributed by atoms with Gasteiger partial charge in [0.25, 0.3) is 0 Å². The van der Waals surface area contributed by atoms with Crippen LogP contribution >= 0.6 is 0 Å². The molecule has 0 aliphatic rings.